The lowest BCUT2D eigenvalue weighted by Gasteiger charge is -2.29. The van der Waals surface area contributed by atoms with E-state index in [1.165, 1.54) is 26.8 Å². The number of Topliss-reactive ketones (excluding diaryl/α,β-unsaturated/α-hetero) is 2. The van der Waals surface area contributed by atoms with Gasteiger partial charge in [-0.1, -0.05) is 35.5 Å². The SMILES string of the molecule is CSCCC(NC(C)=C1C(=O)C=C2Oc3c(C(C)=O)c(O)c(C)c(O)c3[C@@]2(C)C1=O)c1nc(Cc2ccccc2)no1. The van der Waals surface area contributed by atoms with Crippen LogP contribution in [-0.2, 0) is 21.4 Å². The van der Waals surface area contributed by atoms with Crippen molar-refractivity contribution >= 4 is 29.1 Å². The molecule has 1 aliphatic carbocycles. The molecule has 1 aromatic heterocycles. The Labute approximate surface area is 246 Å². The molecule has 2 heterocycles. The summed E-state index contributed by atoms with van der Waals surface area (Å²) in [6.07, 6.45) is 4.23. The van der Waals surface area contributed by atoms with Crippen molar-refractivity contribution < 1.29 is 33.9 Å². The largest absolute Gasteiger partial charge is 0.507 e. The van der Waals surface area contributed by atoms with Crippen molar-refractivity contribution in [3.8, 4) is 17.2 Å². The van der Waals surface area contributed by atoms with Crippen molar-refractivity contribution in [1.29, 1.82) is 0 Å². The van der Waals surface area contributed by atoms with Crippen molar-refractivity contribution in [3.63, 3.8) is 0 Å². The molecule has 42 heavy (non-hydrogen) atoms. The van der Waals surface area contributed by atoms with Gasteiger partial charge < -0.3 is 24.8 Å². The topological polar surface area (TPSA) is 152 Å². The molecule has 2 atom stereocenters. The van der Waals surface area contributed by atoms with Gasteiger partial charge in [-0.2, -0.15) is 16.7 Å². The van der Waals surface area contributed by atoms with Gasteiger partial charge >= 0.3 is 0 Å². The minimum Gasteiger partial charge on any atom is -0.507 e. The second-order valence-corrected chi connectivity index (χ2v) is 11.6. The molecule has 3 aromatic rings. The Morgan fingerprint density at radius 2 is 1.86 bits per heavy atom. The number of phenols is 2. The number of nitrogens with one attached hydrogen (secondary N) is 1. The minimum atomic E-state index is -1.60. The summed E-state index contributed by atoms with van der Waals surface area (Å²) in [4.78, 5) is 44.5. The van der Waals surface area contributed by atoms with E-state index in [9.17, 15) is 24.6 Å². The van der Waals surface area contributed by atoms with E-state index in [-0.39, 0.29) is 39.5 Å². The average Bonchev–Trinajstić information content (AvgIpc) is 3.53. The Bertz CT molecular complexity index is 1680. The fourth-order valence-electron chi connectivity index (χ4n) is 5.45. The molecule has 2 aromatic carbocycles. The van der Waals surface area contributed by atoms with E-state index in [1.807, 2.05) is 36.6 Å². The summed E-state index contributed by atoms with van der Waals surface area (Å²) in [5, 5.41) is 29.0. The highest BCUT2D eigenvalue weighted by atomic mass is 32.2. The Morgan fingerprint density at radius 1 is 1.14 bits per heavy atom. The lowest BCUT2D eigenvalue weighted by molar-refractivity contribution is -0.123. The van der Waals surface area contributed by atoms with Gasteiger partial charge in [-0.15, -0.1) is 0 Å². The van der Waals surface area contributed by atoms with Gasteiger partial charge in [0.25, 0.3) is 0 Å². The summed E-state index contributed by atoms with van der Waals surface area (Å²) in [7, 11) is 0. The first-order chi connectivity index (χ1) is 20.0. The number of carbonyl (C=O) groups is 3. The van der Waals surface area contributed by atoms with Gasteiger partial charge in [0, 0.05) is 23.8 Å². The summed E-state index contributed by atoms with van der Waals surface area (Å²) in [5.74, 6) is -1.08. The van der Waals surface area contributed by atoms with Crippen molar-refractivity contribution in [3.05, 3.63) is 87.4 Å². The fraction of sp³-hybridized carbons (Fsp3) is 0.323. The third kappa shape index (κ3) is 4.77. The first kappa shape index (κ1) is 29.1. The summed E-state index contributed by atoms with van der Waals surface area (Å²) < 4.78 is 11.4. The van der Waals surface area contributed by atoms with Crippen LogP contribution >= 0.6 is 11.8 Å². The maximum absolute atomic E-state index is 14.2. The summed E-state index contributed by atoms with van der Waals surface area (Å²) >= 11 is 1.63. The van der Waals surface area contributed by atoms with Crippen LogP contribution in [0, 0.1) is 6.92 Å². The zero-order chi connectivity index (χ0) is 30.3. The second kappa shape index (κ2) is 11.1. The van der Waals surface area contributed by atoms with E-state index in [0.29, 0.717) is 30.3 Å². The summed E-state index contributed by atoms with van der Waals surface area (Å²) in [5.41, 5.74) is -0.470. The van der Waals surface area contributed by atoms with E-state index in [4.69, 9.17) is 9.26 Å². The number of fused-ring (bicyclic) bond motifs is 3. The first-order valence-electron chi connectivity index (χ1n) is 13.4. The first-order valence-corrected chi connectivity index (χ1v) is 14.8. The second-order valence-electron chi connectivity index (χ2n) is 10.6. The van der Waals surface area contributed by atoms with Gasteiger partial charge in [0.1, 0.15) is 40.0 Å². The van der Waals surface area contributed by atoms with Crippen molar-refractivity contribution in [2.75, 3.05) is 12.0 Å². The molecule has 5 rings (SSSR count). The van der Waals surface area contributed by atoms with Crippen LogP contribution in [0.5, 0.6) is 17.2 Å². The molecule has 1 unspecified atom stereocenters. The van der Waals surface area contributed by atoms with Crippen molar-refractivity contribution in [2.24, 2.45) is 0 Å². The number of ketones is 3. The molecule has 10 nitrogen and oxygen atoms in total. The van der Waals surface area contributed by atoms with Gasteiger partial charge in [-0.3, -0.25) is 14.4 Å². The van der Waals surface area contributed by atoms with Gasteiger partial charge in [-0.25, -0.2) is 0 Å². The third-order valence-electron chi connectivity index (χ3n) is 7.75. The number of aromatic hydroxyl groups is 2. The quantitative estimate of drug-likeness (QED) is 0.182. The summed E-state index contributed by atoms with van der Waals surface area (Å²) in [6, 6.07) is 9.27. The number of allylic oxidation sites excluding steroid dienone is 4. The predicted octanol–water partition coefficient (Wildman–Crippen LogP) is 4.63. The van der Waals surface area contributed by atoms with Crippen LogP contribution in [0.3, 0.4) is 0 Å². The Morgan fingerprint density at radius 3 is 2.52 bits per heavy atom. The third-order valence-corrected chi connectivity index (χ3v) is 8.39. The van der Waals surface area contributed by atoms with Crippen molar-refractivity contribution in [1.82, 2.24) is 15.5 Å². The van der Waals surface area contributed by atoms with Crippen LogP contribution in [0.4, 0.5) is 0 Å². The van der Waals surface area contributed by atoms with Crippen LogP contribution in [0.1, 0.15) is 72.0 Å². The molecule has 0 radical (unpaired) electrons. The van der Waals surface area contributed by atoms with Gasteiger partial charge in [0.05, 0.1) is 11.1 Å². The number of thioether (sulfide) groups is 1. The summed E-state index contributed by atoms with van der Waals surface area (Å²) in [6.45, 7) is 5.85. The Balaban J connectivity index is 1.52. The number of phenolic OH excluding ortho intramolecular Hbond substituents is 2. The van der Waals surface area contributed by atoms with Crippen LogP contribution in [0.15, 0.2) is 58.0 Å². The number of ether oxygens (including phenoxy) is 1. The fourth-order valence-corrected chi connectivity index (χ4v) is 5.92. The molecule has 0 amide bonds. The number of benzene rings is 2. The lowest BCUT2D eigenvalue weighted by Crippen LogP contribution is -2.41. The molecule has 218 valence electrons. The van der Waals surface area contributed by atoms with Crippen LogP contribution < -0.4 is 10.1 Å². The van der Waals surface area contributed by atoms with Crippen LogP contribution in [0.2, 0.25) is 0 Å². The van der Waals surface area contributed by atoms with Crippen LogP contribution in [-0.4, -0.2) is 49.7 Å². The highest BCUT2D eigenvalue weighted by Crippen LogP contribution is 2.57. The predicted molar refractivity (Wildman–Crippen MR) is 156 cm³/mol. The van der Waals surface area contributed by atoms with E-state index in [0.717, 1.165) is 11.3 Å². The zero-order valence-electron chi connectivity index (χ0n) is 23.9. The molecule has 3 N–H and O–H groups in total. The van der Waals surface area contributed by atoms with Gasteiger partial charge in [-0.05, 0) is 51.7 Å². The zero-order valence-corrected chi connectivity index (χ0v) is 24.7. The molecular formula is C31H31N3O7S. The molecule has 2 aliphatic rings. The Kier molecular flexibility index (Phi) is 7.72. The standard InChI is InChI=1S/C31H31N3O7S/c1-15-26(37)24(17(3)35)28-25(27(15)38)31(4)21(40-28)14-20(36)23(29(31)39)16(2)32-19(11-12-42-5)30-33-22(34-41-30)13-18-9-7-6-8-10-18/h6-10,14,19,32,37-38H,11-13H2,1-5H3/t19?,31-/m0/s1. The molecule has 11 heteroatoms. The molecule has 0 saturated heterocycles. The minimum absolute atomic E-state index is 0.0201. The van der Waals surface area contributed by atoms with Crippen LogP contribution in [0.25, 0.3) is 0 Å². The number of hydrogen-bond donors (Lipinski definition) is 3. The molecule has 1 aliphatic heterocycles. The maximum atomic E-state index is 14.2. The number of nitrogens with zero attached hydrogens (tertiary/aromatic N) is 2. The van der Waals surface area contributed by atoms with Gasteiger partial charge in [0.15, 0.2) is 23.2 Å². The smallest absolute Gasteiger partial charge is 0.249 e. The molecule has 0 bridgehead atoms. The molecule has 0 saturated carbocycles. The van der Waals surface area contributed by atoms with E-state index < -0.39 is 34.6 Å². The molecule has 0 spiro atoms. The maximum Gasteiger partial charge on any atom is 0.249 e. The molecule has 0 fully saturated rings. The highest BCUT2D eigenvalue weighted by molar-refractivity contribution is 7.98. The average molecular weight is 590 g/mol. The van der Waals surface area contributed by atoms with E-state index in [2.05, 4.69) is 15.5 Å². The number of aromatic nitrogens is 2. The normalized spacial score (nSPS) is 19.5. The lowest BCUT2D eigenvalue weighted by atomic mass is 9.70. The number of hydrogen-bond acceptors (Lipinski definition) is 11. The van der Waals surface area contributed by atoms with E-state index in [1.54, 1.807) is 18.7 Å². The van der Waals surface area contributed by atoms with Crippen molar-refractivity contribution in [2.45, 2.75) is 52.0 Å². The van der Waals surface area contributed by atoms with E-state index >= 15 is 0 Å². The number of rotatable bonds is 9. The van der Waals surface area contributed by atoms with Gasteiger partial charge in [0.2, 0.25) is 5.89 Å². The Hall–Kier alpha value is -4.38. The molecular weight excluding hydrogens is 558 g/mol. The number of carbonyl (C=O) groups excluding carboxylic acids is 3. The monoisotopic (exact) mass is 589 g/mol. The highest BCUT2D eigenvalue weighted by Gasteiger charge is 2.56.